The van der Waals surface area contributed by atoms with E-state index in [0.717, 1.165) is 45.3 Å². The number of hydrogen-bond acceptors (Lipinski definition) is 9. The number of nitrogens with zero attached hydrogens (tertiary/aromatic N) is 6. The van der Waals surface area contributed by atoms with Gasteiger partial charge < -0.3 is 20.1 Å². The largest absolute Gasteiger partial charge is 0.508 e. The van der Waals surface area contributed by atoms with Crippen molar-refractivity contribution < 1.29 is 14.2 Å². The van der Waals surface area contributed by atoms with Crippen molar-refractivity contribution in [1.29, 1.82) is 5.26 Å². The molecule has 0 radical (unpaired) electrons. The van der Waals surface area contributed by atoms with Gasteiger partial charge in [0.25, 0.3) is 0 Å². The minimum absolute atomic E-state index is 0.00855. The van der Waals surface area contributed by atoms with Crippen molar-refractivity contribution in [3.8, 4) is 41.4 Å². The summed E-state index contributed by atoms with van der Waals surface area (Å²) in [6.07, 6.45) is 12.3. The van der Waals surface area contributed by atoms with E-state index in [-0.39, 0.29) is 34.6 Å². The van der Waals surface area contributed by atoms with Crippen LogP contribution < -0.4 is 15.0 Å². The summed E-state index contributed by atoms with van der Waals surface area (Å²) in [6.45, 7) is 3.82. The van der Waals surface area contributed by atoms with Crippen LogP contribution in [0.15, 0.2) is 36.5 Å². The number of ether oxygens (including phenoxy) is 1. The summed E-state index contributed by atoms with van der Waals surface area (Å²) in [6, 6.07) is 11.1. The second-order valence-electron chi connectivity index (χ2n) is 12.2. The van der Waals surface area contributed by atoms with E-state index in [9.17, 15) is 10.4 Å². The van der Waals surface area contributed by atoms with E-state index in [1.807, 2.05) is 11.0 Å². The predicted octanol–water partition coefficient (Wildman–Crippen LogP) is 4.12. The zero-order chi connectivity index (χ0) is 29.3. The van der Waals surface area contributed by atoms with Crippen LogP contribution in [-0.2, 0) is 0 Å². The first kappa shape index (κ1) is 26.1. The minimum Gasteiger partial charge on any atom is -0.508 e. The fourth-order valence-corrected chi connectivity index (χ4v) is 7.88. The topological polar surface area (TPSA) is 110 Å². The zero-order valence-electron chi connectivity index (χ0n) is 23.6. The lowest BCUT2D eigenvalue weighted by Gasteiger charge is -2.51. The van der Waals surface area contributed by atoms with Gasteiger partial charge in [0, 0.05) is 29.3 Å². The average Bonchev–Trinajstić information content (AvgIpc) is 3.68. The molecule has 9 nitrogen and oxygen atoms in total. The number of hydrogen-bond donors (Lipinski definition) is 2. The number of fused-ring (bicyclic) bond motifs is 4. The van der Waals surface area contributed by atoms with Gasteiger partial charge in [0.2, 0.25) is 0 Å². The molecule has 4 fully saturated rings. The third-order valence-corrected chi connectivity index (χ3v) is 10.1. The summed E-state index contributed by atoms with van der Waals surface area (Å²) in [4.78, 5) is 18.4. The lowest BCUT2D eigenvalue weighted by molar-refractivity contribution is 0.107. The highest BCUT2D eigenvalue weighted by atomic mass is 19.1. The van der Waals surface area contributed by atoms with Crippen molar-refractivity contribution in [2.45, 2.75) is 49.2 Å². The van der Waals surface area contributed by atoms with Gasteiger partial charge in [-0.2, -0.15) is 15.2 Å². The highest BCUT2D eigenvalue weighted by molar-refractivity contribution is 6.03. The number of nitrogens with one attached hydrogen (secondary N) is 1. The van der Waals surface area contributed by atoms with Gasteiger partial charge in [-0.25, -0.2) is 4.39 Å². The number of aromatic hydroxyl groups is 1. The van der Waals surface area contributed by atoms with Crippen LogP contribution in [0.2, 0.25) is 0 Å². The molecule has 6 heterocycles. The molecule has 2 aromatic heterocycles. The lowest BCUT2D eigenvalue weighted by atomic mass is 9.81. The molecule has 0 saturated carbocycles. The van der Waals surface area contributed by atoms with Crippen LogP contribution in [-0.4, -0.2) is 74.9 Å². The third-order valence-electron chi connectivity index (χ3n) is 10.1. The van der Waals surface area contributed by atoms with Gasteiger partial charge in [-0.3, -0.25) is 9.88 Å². The molecule has 0 bridgehead atoms. The molecule has 0 amide bonds. The Morgan fingerprint density at radius 1 is 1.19 bits per heavy atom. The van der Waals surface area contributed by atoms with E-state index in [0.29, 0.717) is 52.7 Å². The highest BCUT2D eigenvalue weighted by Gasteiger charge is 2.58. The van der Waals surface area contributed by atoms with E-state index in [1.165, 1.54) is 6.07 Å². The molecule has 10 heteroatoms. The van der Waals surface area contributed by atoms with Crippen molar-refractivity contribution in [2.75, 3.05) is 37.7 Å². The van der Waals surface area contributed by atoms with Gasteiger partial charge in [-0.05, 0) is 75.3 Å². The molecule has 216 valence electrons. The zero-order valence-corrected chi connectivity index (χ0v) is 23.6. The highest BCUT2D eigenvalue weighted by Crippen LogP contribution is 2.45. The van der Waals surface area contributed by atoms with Crippen LogP contribution >= 0.6 is 0 Å². The minimum atomic E-state index is -0.775. The van der Waals surface area contributed by atoms with Crippen LogP contribution in [0.25, 0.3) is 32.9 Å². The summed E-state index contributed by atoms with van der Waals surface area (Å²) in [7, 11) is 0. The molecular weight excluding hydrogens is 545 g/mol. The number of phenols is 1. The van der Waals surface area contributed by atoms with E-state index < -0.39 is 11.4 Å². The number of terminal acetylenes is 1. The SMILES string of the molecule is C#Cc1cccc2cc(O)cc(-c3ncc4c(N5CC6NCCC65C#N)nc(OCC56CCCN5CCC6)nc4c3F)c12. The molecule has 2 unspecified atom stereocenters. The van der Waals surface area contributed by atoms with Crippen LogP contribution in [0.1, 0.15) is 37.7 Å². The Morgan fingerprint density at radius 3 is 2.79 bits per heavy atom. The molecule has 43 heavy (non-hydrogen) atoms. The van der Waals surface area contributed by atoms with Crippen LogP contribution in [0.5, 0.6) is 11.8 Å². The molecule has 4 saturated heterocycles. The lowest BCUT2D eigenvalue weighted by Crippen LogP contribution is -2.71. The Hall–Kier alpha value is -4.51. The molecule has 2 aromatic carbocycles. The van der Waals surface area contributed by atoms with Gasteiger partial charge in [0.1, 0.15) is 34.9 Å². The predicted molar refractivity (Wildman–Crippen MR) is 160 cm³/mol. The van der Waals surface area contributed by atoms with E-state index >= 15 is 4.39 Å². The Balaban J connectivity index is 1.30. The normalized spacial score (nSPS) is 24.0. The molecule has 4 aromatic rings. The number of anilines is 1. The summed E-state index contributed by atoms with van der Waals surface area (Å²) in [5, 5.41) is 25.9. The van der Waals surface area contributed by atoms with Crippen LogP contribution in [0.4, 0.5) is 10.2 Å². The first-order valence-corrected chi connectivity index (χ1v) is 14.9. The number of nitriles is 1. The number of aromatic nitrogens is 3. The molecule has 2 atom stereocenters. The van der Waals surface area contributed by atoms with Crippen molar-refractivity contribution in [3.05, 3.63) is 47.9 Å². The number of halogens is 1. The Bertz CT molecular complexity index is 1890. The number of pyridine rings is 1. The maximum Gasteiger partial charge on any atom is 0.319 e. The average molecular weight is 576 g/mol. The summed E-state index contributed by atoms with van der Waals surface area (Å²) in [5.74, 6) is 2.42. The quantitative estimate of drug-likeness (QED) is 0.340. The molecular formula is C33H30FN7O2. The van der Waals surface area contributed by atoms with E-state index in [4.69, 9.17) is 16.1 Å². The number of phenolic OH excluding ortho intramolecular Hbond substituents is 1. The fourth-order valence-electron chi connectivity index (χ4n) is 7.88. The fraction of sp³-hybridized carbons (Fsp3) is 0.394. The van der Waals surface area contributed by atoms with Crippen molar-refractivity contribution in [3.63, 3.8) is 0 Å². The van der Waals surface area contributed by atoms with E-state index in [1.54, 1.807) is 24.4 Å². The monoisotopic (exact) mass is 575 g/mol. The Labute approximate surface area is 248 Å². The summed E-state index contributed by atoms with van der Waals surface area (Å²) < 4.78 is 23.1. The maximum atomic E-state index is 16.8. The smallest absolute Gasteiger partial charge is 0.319 e. The first-order chi connectivity index (χ1) is 21.0. The van der Waals surface area contributed by atoms with Gasteiger partial charge >= 0.3 is 6.01 Å². The molecule has 4 aliphatic rings. The maximum absolute atomic E-state index is 16.8. The molecule has 0 aliphatic carbocycles. The molecule has 4 aliphatic heterocycles. The third kappa shape index (κ3) is 3.73. The van der Waals surface area contributed by atoms with Crippen LogP contribution in [0.3, 0.4) is 0 Å². The van der Waals surface area contributed by atoms with Gasteiger partial charge in [0.05, 0.1) is 23.0 Å². The number of benzene rings is 2. The van der Waals surface area contributed by atoms with Gasteiger partial charge in [-0.1, -0.05) is 18.1 Å². The molecule has 0 spiro atoms. The van der Waals surface area contributed by atoms with Gasteiger partial charge in [0.15, 0.2) is 5.82 Å². The second-order valence-corrected chi connectivity index (χ2v) is 12.2. The Kier molecular flexibility index (Phi) is 5.78. The Morgan fingerprint density at radius 2 is 2.02 bits per heavy atom. The van der Waals surface area contributed by atoms with Gasteiger partial charge in [-0.15, -0.1) is 6.42 Å². The van der Waals surface area contributed by atoms with E-state index in [2.05, 4.69) is 32.2 Å². The van der Waals surface area contributed by atoms with Crippen molar-refractivity contribution in [1.82, 2.24) is 25.2 Å². The second kappa shape index (κ2) is 9.50. The molecule has 2 N–H and O–H groups in total. The first-order valence-electron chi connectivity index (χ1n) is 14.9. The van der Waals surface area contributed by atoms with Crippen molar-refractivity contribution in [2.24, 2.45) is 0 Å². The number of rotatable bonds is 5. The van der Waals surface area contributed by atoms with Crippen LogP contribution in [0, 0.1) is 29.5 Å². The standard InChI is InChI=1S/C33H30FN7O2/c1-2-20-6-3-7-21-14-22(42)15-23(26(20)21)28-27(34)29-24(16-37-28)30(41-17-25-33(41,18-35)10-11-36-25)39-31(38-29)43-19-32-8-4-12-40(32)13-5-9-32/h1,3,6-7,14-16,25,36,42H,4-5,8-13,17,19H2. The van der Waals surface area contributed by atoms with Crippen molar-refractivity contribution >= 4 is 27.5 Å². The molecule has 8 rings (SSSR count). The summed E-state index contributed by atoms with van der Waals surface area (Å²) >= 11 is 0. The summed E-state index contributed by atoms with van der Waals surface area (Å²) in [5.41, 5.74) is 0.182.